The molecular formula is C7H7BrN2O. The highest BCUT2D eigenvalue weighted by Crippen LogP contribution is 2.17. The Morgan fingerprint density at radius 1 is 1.73 bits per heavy atom. The molecule has 4 heteroatoms. The minimum absolute atomic E-state index is 0.553. The number of hydrogen-bond donors (Lipinski definition) is 1. The van der Waals surface area contributed by atoms with E-state index in [0.29, 0.717) is 12.2 Å². The number of nitrogens with zero attached hydrogens (tertiary/aromatic N) is 1. The number of hydrogen-bond acceptors (Lipinski definition) is 2. The fraction of sp³-hybridized carbons (Fsp3) is 0.143. The van der Waals surface area contributed by atoms with Gasteiger partial charge in [-0.25, -0.2) is 4.98 Å². The van der Waals surface area contributed by atoms with Crippen molar-refractivity contribution in [1.82, 2.24) is 4.98 Å². The third-order valence-electron chi connectivity index (χ3n) is 1.24. The Morgan fingerprint density at radius 3 is 3.00 bits per heavy atom. The van der Waals surface area contributed by atoms with E-state index in [0.717, 1.165) is 10.0 Å². The molecule has 1 heterocycles. The molecule has 1 aromatic rings. The van der Waals surface area contributed by atoms with Gasteiger partial charge in [-0.2, -0.15) is 0 Å². The molecule has 0 bridgehead atoms. The summed E-state index contributed by atoms with van der Waals surface area (Å²) in [5, 5.41) is 2.45. The van der Waals surface area contributed by atoms with Crippen LogP contribution in [0, 0.1) is 6.92 Å². The number of carbonyl (C=O) groups is 1. The van der Waals surface area contributed by atoms with Gasteiger partial charge in [0.1, 0.15) is 5.82 Å². The van der Waals surface area contributed by atoms with Crippen LogP contribution in [0.15, 0.2) is 16.7 Å². The monoisotopic (exact) mass is 214 g/mol. The summed E-state index contributed by atoms with van der Waals surface area (Å²) in [6.07, 6.45) is 2.29. The zero-order valence-electron chi connectivity index (χ0n) is 5.97. The van der Waals surface area contributed by atoms with Crippen LogP contribution in [0.4, 0.5) is 5.82 Å². The number of aromatic nitrogens is 1. The van der Waals surface area contributed by atoms with Crippen LogP contribution in [0.2, 0.25) is 0 Å². The highest BCUT2D eigenvalue weighted by molar-refractivity contribution is 9.10. The summed E-state index contributed by atoms with van der Waals surface area (Å²) in [7, 11) is 0. The number of aryl methyl sites for hydroxylation is 1. The Bertz CT molecular complexity index is 275. The molecule has 0 fully saturated rings. The third kappa shape index (κ3) is 2.01. The molecule has 3 nitrogen and oxygen atoms in total. The van der Waals surface area contributed by atoms with E-state index in [1.54, 1.807) is 12.3 Å². The Kier molecular flexibility index (Phi) is 2.59. The van der Waals surface area contributed by atoms with Crippen molar-refractivity contribution >= 4 is 28.2 Å². The molecule has 0 radical (unpaired) electrons. The van der Waals surface area contributed by atoms with Gasteiger partial charge in [0.05, 0.1) is 0 Å². The van der Waals surface area contributed by atoms with Gasteiger partial charge < -0.3 is 5.32 Å². The molecule has 1 rings (SSSR count). The Balaban J connectivity index is 2.95. The van der Waals surface area contributed by atoms with Crippen molar-refractivity contribution in [3.8, 4) is 0 Å². The summed E-state index contributed by atoms with van der Waals surface area (Å²) in [4.78, 5) is 14.0. The van der Waals surface area contributed by atoms with E-state index >= 15 is 0 Å². The van der Waals surface area contributed by atoms with Crippen LogP contribution in [0.3, 0.4) is 0 Å². The highest BCUT2D eigenvalue weighted by atomic mass is 79.9. The topological polar surface area (TPSA) is 42.0 Å². The van der Waals surface area contributed by atoms with Gasteiger partial charge in [0.2, 0.25) is 6.41 Å². The maximum absolute atomic E-state index is 10.0. The van der Waals surface area contributed by atoms with Crippen molar-refractivity contribution in [2.45, 2.75) is 6.92 Å². The van der Waals surface area contributed by atoms with Crippen molar-refractivity contribution < 1.29 is 4.79 Å². The lowest BCUT2D eigenvalue weighted by atomic mass is 10.3. The van der Waals surface area contributed by atoms with Gasteiger partial charge in [-0.05, 0) is 18.6 Å². The first-order chi connectivity index (χ1) is 5.24. The van der Waals surface area contributed by atoms with Crippen LogP contribution in [0.25, 0.3) is 0 Å². The fourth-order valence-electron chi connectivity index (χ4n) is 0.638. The normalized spacial score (nSPS) is 9.27. The smallest absolute Gasteiger partial charge is 0.212 e. The van der Waals surface area contributed by atoms with Gasteiger partial charge in [-0.15, -0.1) is 0 Å². The molecule has 0 unspecified atom stereocenters. The minimum atomic E-state index is 0.553. The van der Waals surface area contributed by atoms with Crippen LogP contribution in [0.1, 0.15) is 5.56 Å². The molecule has 1 aromatic heterocycles. The zero-order chi connectivity index (χ0) is 8.27. The quantitative estimate of drug-likeness (QED) is 0.763. The molecule has 1 N–H and O–H groups in total. The van der Waals surface area contributed by atoms with Gasteiger partial charge in [0, 0.05) is 10.7 Å². The predicted octanol–water partition coefficient (Wildman–Crippen LogP) is 1.72. The summed E-state index contributed by atoms with van der Waals surface area (Å²) in [6, 6.07) is 1.75. The van der Waals surface area contributed by atoms with E-state index in [9.17, 15) is 4.79 Å². The number of nitrogens with one attached hydrogen (secondary N) is 1. The number of amides is 1. The summed E-state index contributed by atoms with van der Waals surface area (Å²) < 4.78 is 0.942. The van der Waals surface area contributed by atoms with E-state index in [4.69, 9.17) is 0 Å². The fourth-order valence-corrected chi connectivity index (χ4v) is 0.958. The number of carbonyl (C=O) groups excluding carboxylic acids is 1. The van der Waals surface area contributed by atoms with Crippen LogP contribution in [-0.2, 0) is 4.79 Å². The Labute approximate surface area is 73.0 Å². The van der Waals surface area contributed by atoms with E-state index in [1.165, 1.54) is 0 Å². The molecule has 0 aromatic carbocycles. The summed E-state index contributed by atoms with van der Waals surface area (Å²) in [5.41, 5.74) is 1.04. The molecule has 0 aliphatic rings. The van der Waals surface area contributed by atoms with E-state index in [1.807, 2.05) is 6.92 Å². The standard InChI is InChI=1S/C7H7BrN2O/c1-5-3-9-7(10-4-11)2-6(5)8/h2-4H,1H3,(H,9,10,11). The lowest BCUT2D eigenvalue weighted by Gasteiger charge is -1.99. The van der Waals surface area contributed by atoms with E-state index < -0.39 is 0 Å². The van der Waals surface area contributed by atoms with E-state index in [-0.39, 0.29) is 0 Å². The van der Waals surface area contributed by atoms with Crippen LogP contribution < -0.4 is 5.32 Å². The van der Waals surface area contributed by atoms with Crippen molar-refractivity contribution in [1.29, 1.82) is 0 Å². The van der Waals surface area contributed by atoms with Gasteiger partial charge >= 0.3 is 0 Å². The maximum atomic E-state index is 10.0. The zero-order valence-corrected chi connectivity index (χ0v) is 7.55. The molecule has 0 saturated heterocycles. The first kappa shape index (κ1) is 8.20. The van der Waals surface area contributed by atoms with Crippen molar-refractivity contribution in [2.24, 2.45) is 0 Å². The molecule has 1 amide bonds. The molecular weight excluding hydrogens is 208 g/mol. The molecule has 58 valence electrons. The molecule has 0 saturated carbocycles. The number of halogens is 1. The van der Waals surface area contributed by atoms with Crippen molar-refractivity contribution in [3.63, 3.8) is 0 Å². The molecule has 0 aliphatic heterocycles. The molecule has 0 atom stereocenters. The Hall–Kier alpha value is -0.900. The van der Waals surface area contributed by atoms with Gasteiger partial charge in [-0.3, -0.25) is 4.79 Å². The maximum Gasteiger partial charge on any atom is 0.212 e. The average molecular weight is 215 g/mol. The number of rotatable bonds is 2. The van der Waals surface area contributed by atoms with Crippen LogP contribution in [0.5, 0.6) is 0 Å². The number of anilines is 1. The molecule has 11 heavy (non-hydrogen) atoms. The van der Waals surface area contributed by atoms with Gasteiger partial charge in [-0.1, -0.05) is 15.9 Å². The van der Waals surface area contributed by atoms with Gasteiger partial charge in [0.15, 0.2) is 0 Å². The third-order valence-corrected chi connectivity index (χ3v) is 2.10. The highest BCUT2D eigenvalue weighted by Gasteiger charge is 1.96. The minimum Gasteiger partial charge on any atom is -0.313 e. The largest absolute Gasteiger partial charge is 0.313 e. The first-order valence-corrected chi connectivity index (χ1v) is 3.85. The SMILES string of the molecule is Cc1cnc(NC=O)cc1Br. The second kappa shape index (κ2) is 3.48. The summed E-state index contributed by atoms with van der Waals surface area (Å²) in [6.45, 7) is 1.93. The van der Waals surface area contributed by atoms with E-state index in [2.05, 4.69) is 26.2 Å². The van der Waals surface area contributed by atoms with Crippen molar-refractivity contribution in [3.05, 3.63) is 22.3 Å². The average Bonchev–Trinajstić information content (AvgIpc) is 1.98. The summed E-state index contributed by atoms with van der Waals surface area (Å²) >= 11 is 3.32. The molecule has 0 spiro atoms. The van der Waals surface area contributed by atoms with Crippen molar-refractivity contribution in [2.75, 3.05) is 5.32 Å². The predicted molar refractivity (Wildman–Crippen MR) is 46.4 cm³/mol. The number of pyridine rings is 1. The Morgan fingerprint density at radius 2 is 2.45 bits per heavy atom. The lowest BCUT2D eigenvalue weighted by Crippen LogP contribution is -1.96. The second-order valence-electron chi connectivity index (χ2n) is 2.08. The van der Waals surface area contributed by atoms with Crippen LogP contribution >= 0.6 is 15.9 Å². The lowest BCUT2D eigenvalue weighted by molar-refractivity contribution is -0.105. The van der Waals surface area contributed by atoms with Gasteiger partial charge in [0.25, 0.3) is 0 Å². The molecule has 0 aliphatic carbocycles. The van der Waals surface area contributed by atoms with Crippen LogP contribution in [-0.4, -0.2) is 11.4 Å². The first-order valence-electron chi connectivity index (χ1n) is 3.06. The second-order valence-corrected chi connectivity index (χ2v) is 2.94. The summed E-state index contributed by atoms with van der Waals surface area (Å²) in [5.74, 6) is 0.553.